The topological polar surface area (TPSA) is 67.1 Å². The zero-order valence-electron chi connectivity index (χ0n) is 11.5. The van der Waals surface area contributed by atoms with Gasteiger partial charge in [-0.2, -0.15) is 0 Å². The van der Waals surface area contributed by atoms with Gasteiger partial charge in [-0.3, -0.25) is 4.40 Å². The van der Waals surface area contributed by atoms with E-state index in [1.165, 1.54) is 0 Å². The molecule has 1 fully saturated rings. The number of carboxylic acids is 1. The number of fused-ring (bicyclic) bond motifs is 1. The lowest BCUT2D eigenvalue weighted by atomic mass is 10.2. The highest BCUT2D eigenvalue weighted by atomic mass is 16.5. The van der Waals surface area contributed by atoms with E-state index in [9.17, 15) is 9.90 Å². The van der Waals surface area contributed by atoms with Gasteiger partial charge in [-0.25, -0.2) is 9.78 Å². The Morgan fingerprint density at radius 1 is 1.35 bits per heavy atom. The fraction of sp³-hybridized carbons (Fsp3) is 0.429. The predicted molar refractivity (Wildman–Crippen MR) is 74.4 cm³/mol. The molecule has 0 radical (unpaired) electrons. The average molecular weight is 275 g/mol. The van der Waals surface area contributed by atoms with Crippen LogP contribution < -0.4 is 4.90 Å². The lowest BCUT2D eigenvalue weighted by Crippen LogP contribution is -2.46. The molecule has 0 bridgehead atoms. The van der Waals surface area contributed by atoms with Gasteiger partial charge in [-0.05, 0) is 26.0 Å². The van der Waals surface area contributed by atoms with Crippen molar-refractivity contribution in [1.29, 1.82) is 0 Å². The zero-order chi connectivity index (χ0) is 14.3. The molecule has 1 saturated heterocycles. The molecule has 0 aromatic carbocycles. The Kier molecular flexibility index (Phi) is 3.10. The Bertz CT molecular complexity index is 642. The lowest BCUT2D eigenvalue weighted by Gasteiger charge is -2.35. The van der Waals surface area contributed by atoms with Crippen molar-refractivity contribution in [2.24, 2.45) is 0 Å². The first kappa shape index (κ1) is 12.9. The molecular formula is C14H17N3O3. The molecule has 2 atom stereocenters. The predicted octanol–water partition coefficient (Wildman–Crippen LogP) is 1.65. The monoisotopic (exact) mass is 275 g/mol. The maximum Gasteiger partial charge on any atom is 0.356 e. The summed E-state index contributed by atoms with van der Waals surface area (Å²) in [6, 6.07) is 5.46. The number of hydrogen-bond donors (Lipinski definition) is 1. The maximum absolute atomic E-state index is 11.6. The number of nitrogens with zero attached hydrogens (tertiary/aromatic N) is 3. The normalized spacial score (nSPS) is 23.2. The molecule has 0 amide bonds. The number of imidazole rings is 1. The molecule has 0 spiro atoms. The van der Waals surface area contributed by atoms with Crippen LogP contribution >= 0.6 is 0 Å². The van der Waals surface area contributed by atoms with Crippen LogP contribution in [0.3, 0.4) is 0 Å². The summed E-state index contributed by atoms with van der Waals surface area (Å²) >= 11 is 0. The van der Waals surface area contributed by atoms with Crippen LogP contribution in [-0.2, 0) is 4.74 Å². The van der Waals surface area contributed by atoms with Crippen LogP contribution in [0, 0.1) is 0 Å². The standard InChI is InChI=1S/C14H17N3O3/c1-9-7-16(8-10(2)20-9)13-12(14(18)19)17-6-4-3-5-11(17)15-13/h3-6,9-10H,7-8H2,1-2H3,(H,18,19)/t9-,10+. The third-order valence-corrected chi connectivity index (χ3v) is 3.43. The molecule has 1 aliphatic rings. The molecule has 1 aliphatic heterocycles. The minimum absolute atomic E-state index is 0.0604. The second kappa shape index (κ2) is 4.79. The first-order valence-corrected chi connectivity index (χ1v) is 6.67. The Morgan fingerprint density at radius 3 is 2.70 bits per heavy atom. The Morgan fingerprint density at radius 2 is 2.05 bits per heavy atom. The summed E-state index contributed by atoms with van der Waals surface area (Å²) in [4.78, 5) is 18.1. The van der Waals surface area contributed by atoms with Gasteiger partial charge in [0.25, 0.3) is 0 Å². The van der Waals surface area contributed by atoms with Gasteiger partial charge in [-0.1, -0.05) is 6.07 Å². The van der Waals surface area contributed by atoms with Gasteiger partial charge in [0.2, 0.25) is 0 Å². The Balaban J connectivity index is 2.10. The number of carbonyl (C=O) groups is 1. The number of anilines is 1. The van der Waals surface area contributed by atoms with Crippen molar-refractivity contribution >= 4 is 17.4 Å². The van der Waals surface area contributed by atoms with Gasteiger partial charge in [0.05, 0.1) is 12.2 Å². The summed E-state index contributed by atoms with van der Waals surface area (Å²) < 4.78 is 7.30. The average Bonchev–Trinajstić information content (AvgIpc) is 2.76. The second-order valence-electron chi connectivity index (χ2n) is 5.18. The largest absolute Gasteiger partial charge is 0.476 e. The van der Waals surface area contributed by atoms with Crippen molar-refractivity contribution in [3.05, 3.63) is 30.1 Å². The van der Waals surface area contributed by atoms with E-state index < -0.39 is 5.97 Å². The first-order chi connectivity index (χ1) is 9.56. The van der Waals surface area contributed by atoms with E-state index in [4.69, 9.17) is 4.74 Å². The van der Waals surface area contributed by atoms with E-state index in [1.807, 2.05) is 30.9 Å². The van der Waals surface area contributed by atoms with Gasteiger partial charge in [0, 0.05) is 19.3 Å². The van der Waals surface area contributed by atoms with E-state index in [1.54, 1.807) is 16.7 Å². The van der Waals surface area contributed by atoms with Gasteiger partial charge in [0.1, 0.15) is 5.65 Å². The van der Waals surface area contributed by atoms with Gasteiger partial charge >= 0.3 is 5.97 Å². The molecule has 2 aromatic heterocycles. The van der Waals surface area contributed by atoms with Crippen molar-refractivity contribution in [3.63, 3.8) is 0 Å². The number of carboxylic acid groups (broad SMARTS) is 1. The minimum atomic E-state index is -0.967. The number of ether oxygens (including phenoxy) is 1. The van der Waals surface area contributed by atoms with Gasteiger partial charge in [0.15, 0.2) is 11.5 Å². The number of hydrogen-bond acceptors (Lipinski definition) is 4. The summed E-state index contributed by atoms with van der Waals surface area (Å²) in [5.41, 5.74) is 0.855. The molecule has 3 rings (SSSR count). The molecule has 6 heteroatoms. The van der Waals surface area contributed by atoms with Crippen LogP contribution in [0.5, 0.6) is 0 Å². The fourth-order valence-corrected chi connectivity index (χ4v) is 2.75. The summed E-state index contributed by atoms with van der Waals surface area (Å²) in [5.74, 6) is -0.448. The first-order valence-electron chi connectivity index (χ1n) is 6.67. The van der Waals surface area contributed by atoms with Crippen molar-refractivity contribution in [1.82, 2.24) is 9.38 Å². The molecule has 1 N–H and O–H groups in total. The van der Waals surface area contributed by atoms with Gasteiger partial charge < -0.3 is 14.7 Å². The van der Waals surface area contributed by atoms with Crippen LogP contribution in [0.25, 0.3) is 5.65 Å². The summed E-state index contributed by atoms with van der Waals surface area (Å²) in [6.07, 6.45) is 1.85. The van der Waals surface area contributed by atoms with Gasteiger partial charge in [-0.15, -0.1) is 0 Å². The Labute approximate surface area is 116 Å². The van der Waals surface area contributed by atoms with Crippen molar-refractivity contribution in [3.8, 4) is 0 Å². The minimum Gasteiger partial charge on any atom is -0.476 e. The summed E-state index contributed by atoms with van der Waals surface area (Å²) in [6.45, 7) is 5.26. The Hall–Kier alpha value is -2.08. The van der Waals surface area contributed by atoms with E-state index in [2.05, 4.69) is 4.98 Å². The highest BCUT2D eigenvalue weighted by Gasteiger charge is 2.29. The number of rotatable bonds is 2. The van der Waals surface area contributed by atoms with E-state index >= 15 is 0 Å². The number of pyridine rings is 1. The molecule has 6 nitrogen and oxygen atoms in total. The molecular weight excluding hydrogens is 258 g/mol. The van der Waals surface area contributed by atoms with Crippen LogP contribution in [0.4, 0.5) is 5.82 Å². The third-order valence-electron chi connectivity index (χ3n) is 3.43. The molecule has 106 valence electrons. The molecule has 2 aromatic rings. The van der Waals surface area contributed by atoms with E-state index in [-0.39, 0.29) is 17.9 Å². The highest BCUT2D eigenvalue weighted by Crippen LogP contribution is 2.25. The second-order valence-corrected chi connectivity index (χ2v) is 5.18. The molecule has 0 saturated carbocycles. The quantitative estimate of drug-likeness (QED) is 0.902. The maximum atomic E-state index is 11.6. The van der Waals surface area contributed by atoms with Crippen LogP contribution in [0.15, 0.2) is 24.4 Å². The number of aromatic nitrogens is 2. The number of aromatic carboxylic acids is 1. The highest BCUT2D eigenvalue weighted by molar-refractivity contribution is 5.93. The lowest BCUT2D eigenvalue weighted by molar-refractivity contribution is -0.00554. The van der Waals surface area contributed by atoms with Crippen molar-refractivity contribution < 1.29 is 14.6 Å². The summed E-state index contributed by atoms with van der Waals surface area (Å²) in [7, 11) is 0. The van der Waals surface area contributed by atoms with E-state index in [0.29, 0.717) is 24.6 Å². The zero-order valence-corrected chi connectivity index (χ0v) is 11.5. The molecule has 20 heavy (non-hydrogen) atoms. The summed E-state index contributed by atoms with van der Waals surface area (Å²) in [5, 5.41) is 9.50. The van der Waals surface area contributed by atoms with Crippen molar-refractivity contribution in [2.45, 2.75) is 26.1 Å². The SMILES string of the molecule is C[C@@H]1CN(c2nc3ccccn3c2C(=O)O)C[C@H](C)O1. The van der Waals surface area contributed by atoms with E-state index in [0.717, 1.165) is 0 Å². The van der Waals surface area contributed by atoms with Crippen molar-refractivity contribution in [2.75, 3.05) is 18.0 Å². The smallest absolute Gasteiger partial charge is 0.356 e. The molecule has 0 unspecified atom stereocenters. The third kappa shape index (κ3) is 2.12. The van der Waals surface area contributed by atoms with Crippen LogP contribution in [0.1, 0.15) is 24.3 Å². The fourth-order valence-electron chi connectivity index (χ4n) is 2.75. The van der Waals surface area contributed by atoms with Crippen LogP contribution in [-0.4, -0.2) is 45.8 Å². The molecule has 0 aliphatic carbocycles. The number of morpholine rings is 1. The van der Waals surface area contributed by atoms with Crippen LogP contribution in [0.2, 0.25) is 0 Å². The molecule has 3 heterocycles.